The Bertz CT molecular complexity index is 470. The van der Waals surface area contributed by atoms with Gasteiger partial charge < -0.3 is 10.9 Å². The Morgan fingerprint density at radius 3 is 2.50 bits per heavy atom. The number of rotatable bonds is 4. The van der Waals surface area contributed by atoms with Gasteiger partial charge in [-0.05, 0) is 36.8 Å². The molecule has 0 spiro atoms. The van der Waals surface area contributed by atoms with Crippen LogP contribution in [-0.4, -0.2) is 40.0 Å². The first kappa shape index (κ1) is 15.5. The van der Waals surface area contributed by atoms with Gasteiger partial charge in [0, 0.05) is 24.7 Å². The first-order valence-electron chi connectivity index (χ1n) is 6.59. The number of halogens is 1. The highest BCUT2D eigenvalue weighted by Crippen LogP contribution is 2.35. The van der Waals surface area contributed by atoms with Gasteiger partial charge in [0.05, 0.1) is 4.75 Å². The molecule has 2 rings (SSSR count). The van der Waals surface area contributed by atoms with Gasteiger partial charge in [0.15, 0.2) is 5.84 Å². The molecule has 0 radical (unpaired) electrons. The van der Waals surface area contributed by atoms with Gasteiger partial charge in [-0.2, -0.15) is 11.8 Å². The van der Waals surface area contributed by atoms with Crippen LogP contribution in [0.2, 0.25) is 5.02 Å². The summed E-state index contributed by atoms with van der Waals surface area (Å²) in [4.78, 5) is 2.39. The van der Waals surface area contributed by atoms with Crippen LogP contribution in [0.15, 0.2) is 29.4 Å². The molecule has 20 heavy (non-hydrogen) atoms. The van der Waals surface area contributed by atoms with Gasteiger partial charge >= 0.3 is 0 Å². The quantitative estimate of drug-likeness (QED) is 0.388. The van der Waals surface area contributed by atoms with E-state index in [1.54, 1.807) is 11.8 Å². The normalized spacial score (nSPS) is 20.0. The van der Waals surface area contributed by atoms with Crippen LogP contribution in [-0.2, 0) is 6.54 Å². The highest BCUT2D eigenvalue weighted by molar-refractivity contribution is 8.00. The van der Waals surface area contributed by atoms with Gasteiger partial charge in [0.1, 0.15) is 0 Å². The van der Waals surface area contributed by atoms with Crippen molar-refractivity contribution >= 4 is 29.2 Å². The summed E-state index contributed by atoms with van der Waals surface area (Å²) in [6, 6.07) is 7.96. The van der Waals surface area contributed by atoms with Crippen molar-refractivity contribution in [2.75, 3.05) is 19.3 Å². The number of oxime groups is 1. The molecule has 0 atom stereocenters. The number of thioether (sulfide) groups is 1. The molecular weight excluding hydrogens is 294 g/mol. The summed E-state index contributed by atoms with van der Waals surface area (Å²) in [5, 5.41) is 12.9. The van der Waals surface area contributed by atoms with Gasteiger partial charge in [-0.1, -0.05) is 28.9 Å². The molecule has 0 aliphatic carbocycles. The first-order valence-corrected chi connectivity index (χ1v) is 8.20. The summed E-state index contributed by atoms with van der Waals surface area (Å²) in [5.41, 5.74) is 7.11. The number of piperidine rings is 1. The summed E-state index contributed by atoms with van der Waals surface area (Å²) < 4.78 is -0.217. The fourth-order valence-corrected chi connectivity index (χ4v) is 3.54. The maximum Gasteiger partial charge on any atom is 0.155 e. The summed E-state index contributed by atoms with van der Waals surface area (Å²) in [6.07, 6.45) is 3.82. The van der Waals surface area contributed by atoms with Crippen LogP contribution in [0.25, 0.3) is 0 Å². The van der Waals surface area contributed by atoms with Crippen molar-refractivity contribution in [2.45, 2.75) is 24.1 Å². The van der Waals surface area contributed by atoms with Crippen molar-refractivity contribution in [3.8, 4) is 0 Å². The van der Waals surface area contributed by atoms with Crippen molar-refractivity contribution in [3.05, 3.63) is 34.9 Å². The molecule has 0 amide bonds. The molecule has 1 heterocycles. The highest BCUT2D eigenvalue weighted by atomic mass is 35.5. The summed E-state index contributed by atoms with van der Waals surface area (Å²) in [6.45, 7) is 2.80. The lowest BCUT2D eigenvalue weighted by atomic mass is 9.94. The molecular formula is C14H20ClN3OS. The third-order valence-corrected chi connectivity index (χ3v) is 5.60. The first-order chi connectivity index (χ1) is 9.59. The molecule has 6 heteroatoms. The van der Waals surface area contributed by atoms with Gasteiger partial charge in [-0.15, -0.1) is 0 Å². The smallest absolute Gasteiger partial charge is 0.155 e. The largest absolute Gasteiger partial charge is 0.409 e. The number of hydrogen-bond acceptors (Lipinski definition) is 4. The minimum atomic E-state index is -0.217. The Hall–Kier alpha value is -0.910. The Balaban J connectivity index is 1.95. The third-order valence-electron chi connectivity index (χ3n) is 3.95. The van der Waals surface area contributed by atoms with Gasteiger partial charge in [-0.3, -0.25) is 4.90 Å². The fraction of sp³-hybridized carbons (Fsp3) is 0.500. The van der Waals surface area contributed by atoms with Crippen LogP contribution in [0.3, 0.4) is 0 Å². The average molecular weight is 314 g/mol. The van der Waals surface area contributed by atoms with Crippen molar-refractivity contribution in [1.82, 2.24) is 4.90 Å². The zero-order valence-corrected chi connectivity index (χ0v) is 13.1. The molecule has 0 aromatic heterocycles. The van der Waals surface area contributed by atoms with Crippen molar-refractivity contribution < 1.29 is 5.21 Å². The lowest BCUT2D eigenvalue weighted by Crippen LogP contribution is -2.49. The molecule has 1 aliphatic rings. The Morgan fingerprint density at radius 1 is 1.40 bits per heavy atom. The van der Waals surface area contributed by atoms with E-state index in [-0.39, 0.29) is 4.75 Å². The van der Waals surface area contributed by atoms with Crippen molar-refractivity contribution in [2.24, 2.45) is 10.9 Å². The number of likely N-dealkylation sites (tertiary alicyclic amines) is 1. The molecule has 110 valence electrons. The van der Waals surface area contributed by atoms with E-state index in [1.807, 2.05) is 18.4 Å². The van der Waals surface area contributed by atoms with Crippen LogP contribution in [0, 0.1) is 0 Å². The van der Waals surface area contributed by atoms with Gasteiger partial charge in [0.2, 0.25) is 0 Å². The highest BCUT2D eigenvalue weighted by Gasteiger charge is 2.38. The average Bonchev–Trinajstić information content (AvgIpc) is 2.50. The standard InChI is InChI=1S/C14H20ClN3OS/c1-20-14(13(16)17-19)6-8-18(9-7-14)10-11-2-4-12(15)5-3-11/h2-5,19H,6-10H2,1H3,(H2,16,17). The molecule has 0 unspecified atom stereocenters. The lowest BCUT2D eigenvalue weighted by Gasteiger charge is -2.39. The molecule has 1 fully saturated rings. The molecule has 0 saturated carbocycles. The third kappa shape index (κ3) is 3.40. The van der Waals surface area contributed by atoms with Crippen LogP contribution < -0.4 is 5.73 Å². The topological polar surface area (TPSA) is 61.9 Å². The summed E-state index contributed by atoms with van der Waals surface area (Å²) >= 11 is 7.57. The molecule has 1 aromatic rings. The summed E-state index contributed by atoms with van der Waals surface area (Å²) in [5.74, 6) is 0.344. The SMILES string of the molecule is CSC1(C(N)=NO)CCN(Cc2ccc(Cl)cc2)CC1. The molecule has 4 nitrogen and oxygen atoms in total. The number of amidine groups is 1. The maximum absolute atomic E-state index is 8.93. The van der Waals surface area contributed by atoms with Crippen molar-refractivity contribution in [3.63, 3.8) is 0 Å². The van der Waals surface area contributed by atoms with E-state index in [0.717, 1.165) is 37.5 Å². The molecule has 1 aromatic carbocycles. The predicted molar refractivity (Wildman–Crippen MR) is 85.6 cm³/mol. The minimum Gasteiger partial charge on any atom is -0.409 e. The Labute approximate surface area is 129 Å². The maximum atomic E-state index is 8.93. The fourth-order valence-electron chi connectivity index (χ4n) is 2.58. The second-order valence-corrected chi connectivity index (χ2v) is 6.71. The number of benzene rings is 1. The molecule has 1 aliphatic heterocycles. The molecule has 1 saturated heterocycles. The number of nitrogens with zero attached hydrogens (tertiary/aromatic N) is 2. The van der Waals surface area contributed by atoms with Crippen LogP contribution in [0.5, 0.6) is 0 Å². The van der Waals surface area contributed by atoms with E-state index in [0.29, 0.717) is 5.84 Å². The second-order valence-electron chi connectivity index (χ2n) is 5.09. The molecule has 3 N–H and O–H groups in total. The van der Waals surface area contributed by atoms with Crippen molar-refractivity contribution in [1.29, 1.82) is 0 Å². The second kappa shape index (κ2) is 6.70. The van der Waals surface area contributed by atoms with E-state index in [9.17, 15) is 0 Å². The summed E-state index contributed by atoms with van der Waals surface area (Å²) in [7, 11) is 0. The van der Waals surface area contributed by atoms with E-state index in [4.69, 9.17) is 22.5 Å². The van der Waals surface area contributed by atoms with Gasteiger partial charge in [-0.25, -0.2) is 0 Å². The number of hydrogen-bond donors (Lipinski definition) is 2. The number of nitrogens with two attached hydrogens (primary N) is 1. The van der Waals surface area contributed by atoms with E-state index in [2.05, 4.69) is 22.2 Å². The van der Waals surface area contributed by atoms with Gasteiger partial charge in [0.25, 0.3) is 0 Å². The zero-order valence-electron chi connectivity index (χ0n) is 11.6. The Morgan fingerprint density at radius 2 is 2.00 bits per heavy atom. The monoisotopic (exact) mass is 313 g/mol. The van der Waals surface area contributed by atoms with E-state index in [1.165, 1.54) is 5.56 Å². The van der Waals surface area contributed by atoms with Crippen LogP contribution in [0.1, 0.15) is 18.4 Å². The van der Waals surface area contributed by atoms with Crippen LogP contribution >= 0.6 is 23.4 Å². The predicted octanol–water partition coefficient (Wildman–Crippen LogP) is 2.78. The minimum absolute atomic E-state index is 0.217. The Kier molecular flexibility index (Phi) is 5.18. The van der Waals surface area contributed by atoms with E-state index < -0.39 is 0 Å². The zero-order chi connectivity index (χ0) is 14.6. The van der Waals surface area contributed by atoms with E-state index >= 15 is 0 Å². The molecule has 0 bridgehead atoms. The van der Waals surface area contributed by atoms with Crippen LogP contribution in [0.4, 0.5) is 0 Å². The lowest BCUT2D eigenvalue weighted by molar-refractivity contribution is 0.209.